The zero-order valence-electron chi connectivity index (χ0n) is 18.1. The van der Waals surface area contributed by atoms with Crippen LogP contribution in [0.15, 0.2) is 60.7 Å². The van der Waals surface area contributed by atoms with Gasteiger partial charge in [-0.1, -0.05) is 71.8 Å². The fourth-order valence-corrected chi connectivity index (χ4v) is 4.62. The van der Waals surface area contributed by atoms with E-state index in [1.807, 2.05) is 18.2 Å². The minimum Gasteiger partial charge on any atom is -0.454 e. The van der Waals surface area contributed by atoms with Gasteiger partial charge < -0.3 is 10.1 Å². The summed E-state index contributed by atoms with van der Waals surface area (Å²) in [7, 11) is 0. The lowest BCUT2D eigenvalue weighted by Crippen LogP contribution is -2.48. The van der Waals surface area contributed by atoms with E-state index in [0.717, 1.165) is 10.5 Å². The van der Waals surface area contributed by atoms with Crippen molar-refractivity contribution in [3.8, 4) is 0 Å². The summed E-state index contributed by atoms with van der Waals surface area (Å²) in [5, 5.41) is 2.96. The Morgan fingerprint density at radius 2 is 1.62 bits per heavy atom. The number of fused-ring (bicyclic) bond motifs is 1. The third-order valence-corrected chi connectivity index (χ3v) is 6.79. The van der Waals surface area contributed by atoms with Crippen molar-refractivity contribution in [3.63, 3.8) is 0 Å². The molecule has 34 heavy (non-hydrogen) atoms. The molecular weight excluding hydrogens is 479 g/mol. The summed E-state index contributed by atoms with van der Waals surface area (Å²) in [5.74, 6) is -3.18. The number of amides is 3. The van der Waals surface area contributed by atoms with Crippen LogP contribution in [0.25, 0.3) is 0 Å². The number of carbonyl (C=O) groups is 4. The number of esters is 1. The number of nitrogens with zero attached hydrogens (tertiary/aromatic N) is 1. The number of nitrogens with one attached hydrogen (secondary N) is 1. The van der Waals surface area contributed by atoms with E-state index < -0.39 is 36.4 Å². The molecule has 0 aromatic heterocycles. The number of ether oxygens (including phenoxy) is 1. The van der Waals surface area contributed by atoms with Crippen LogP contribution in [0, 0.1) is 11.8 Å². The predicted octanol–water partition coefficient (Wildman–Crippen LogP) is 4.04. The summed E-state index contributed by atoms with van der Waals surface area (Å²) in [5.41, 5.74) is 1.03. The molecule has 0 spiro atoms. The van der Waals surface area contributed by atoms with Crippen LogP contribution >= 0.6 is 23.2 Å². The molecule has 1 aliphatic carbocycles. The first-order valence-electron chi connectivity index (χ1n) is 10.8. The average molecular weight is 501 g/mol. The summed E-state index contributed by atoms with van der Waals surface area (Å²) in [4.78, 5) is 52.7. The van der Waals surface area contributed by atoms with Crippen LogP contribution < -0.4 is 5.32 Å². The van der Waals surface area contributed by atoms with Crippen molar-refractivity contribution in [1.82, 2.24) is 4.90 Å². The van der Waals surface area contributed by atoms with Crippen LogP contribution in [-0.2, 0) is 30.3 Å². The molecule has 176 valence electrons. The first kappa shape index (κ1) is 24.0. The van der Waals surface area contributed by atoms with Crippen LogP contribution in [0.5, 0.6) is 0 Å². The zero-order valence-corrected chi connectivity index (χ0v) is 19.6. The fraction of sp³-hybridized carbons (Fsp3) is 0.280. The molecule has 3 amide bonds. The number of hydrogen-bond donors (Lipinski definition) is 1. The predicted molar refractivity (Wildman–Crippen MR) is 127 cm³/mol. The third-order valence-electron chi connectivity index (χ3n) is 5.97. The number of likely N-dealkylation sites (tertiary alicyclic amines) is 1. The van der Waals surface area contributed by atoms with Crippen molar-refractivity contribution >= 4 is 52.6 Å². The number of anilines is 1. The molecule has 1 fully saturated rings. The van der Waals surface area contributed by atoms with Crippen molar-refractivity contribution in [2.45, 2.75) is 25.3 Å². The standard InChI is InChI=1S/C25H22Cl2N2O5/c26-18-11-6-12-19(22(18)27)28-21(30)14-34-25(33)20(13-15-7-2-1-3-8-15)29-23(31)16-9-4-5-10-17(16)24(29)32/h1-8,11-12,16-17,20H,9-10,13-14H2,(H,28,30)/t16-,17+,20-/m0/s1. The Hall–Kier alpha value is -3.16. The molecule has 0 radical (unpaired) electrons. The Morgan fingerprint density at radius 3 is 2.26 bits per heavy atom. The number of rotatable bonds is 7. The van der Waals surface area contributed by atoms with Gasteiger partial charge in [0.25, 0.3) is 5.91 Å². The first-order valence-corrected chi connectivity index (χ1v) is 11.6. The number of allylic oxidation sites excluding steroid dienone is 2. The van der Waals surface area contributed by atoms with E-state index in [2.05, 4.69) is 5.32 Å². The summed E-state index contributed by atoms with van der Waals surface area (Å²) in [6.07, 6.45) is 4.77. The maximum Gasteiger partial charge on any atom is 0.330 e. The molecule has 1 saturated heterocycles. The van der Waals surface area contributed by atoms with Crippen molar-refractivity contribution in [2.24, 2.45) is 11.8 Å². The molecule has 0 saturated carbocycles. The second kappa shape index (κ2) is 10.4. The Morgan fingerprint density at radius 1 is 0.971 bits per heavy atom. The molecule has 2 aromatic rings. The van der Waals surface area contributed by atoms with E-state index >= 15 is 0 Å². The highest BCUT2D eigenvalue weighted by Crippen LogP contribution is 2.37. The number of carbonyl (C=O) groups excluding carboxylic acids is 4. The normalized spacial score (nSPS) is 20.1. The van der Waals surface area contributed by atoms with E-state index in [-0.39, 0.29) is 34.0 Å². The molecule has 3 atom stereocenters. The highest BCUT2D eigenvalue weighted by molar-refractivity contribution is 6.44. The van der Waals surface area contributed by atoms with Crippen molar-refractivity contribution in [1.29, 1.82) is 0 Å². The topological polar surface area (TPSA) is 92.8 Å². The second-order valence-corrected chi connectivity index (χ2v) is 8.95. The fourth-order valence-electron chi connectivity index (χ4n) is 4.27. The average Bonchev–Trinajstić information content (AvgIpc) is 3.09. The van der Waals surface area contributed by atoms with Crippen molar-refractivity contribution < 1.29 is 23.9 Å². The largest absolute Gasteiger partial charge is 0.454 e. The molecular formula is C25H22Cl2N2O5. The van der Waals surface area contributed by atoms with Gasteiger partial charge >= 0.3 is 5.97 Å². The third kappa shape index (κ3) is 5.00. The van der Waals surface area contributed by atoms with Gasteiger partial charge in [-0.2, -0.15) is 0 Å². The second-order valence-electron chi connectivity index (χ2n) is 8.17. The van der Waals surface area contributed by atoms with Gasteiger partial charge in [-0.05, 0) is 30.5 Å². The molecule has 1 heterocycles. The molecule has 0 bridgehead atoms. The molecule has 1 aliphatic heterocycles. The van der Waals surface area contributed by atoms with Gasteiger partial charge in [0, 0.05) is 6.42 Å². The minimum atomic E-state index is -1.17. The van der Waals surface area contributed by atoms with Crippen LogP contribution in [-0.4, -0.2) is 41.2 Å². The maximum atomic E-state index is 13.1. The molecule has 9 heteroatoms. The van der Waals surface area contributed by atoms with Gasteiger partial charge in [-0.3, -0.25) is 19.3 Å². The molecule has 1 N–H and O–H groups in total. The number of benzene rings is 2. The van der Waals surface area contributed by atoms with Gasteiger partial charge in [0.2, 0.25) is 11.8 Å². The Bertz CT molecular complexity index is 1130. The lowest BCUT2D eigenvalue weighted by Gasteiger charge is -2.25. The van der Waals surface area contributed by atoms with Gasteiger partial charge in [0.05, 0.1) is 27.6 Å². The summed E-state index contributed by atoms with van der Waals surface area (Å²) in [6, 6.07) is 12.6. The smallest absolute Gasteiger partial charge is 0.330 e. The molecule has 2 aromatic carbocycles. The lowest BCUT2D eigenvalue weighted by molar-refractivity contribution is -0.159. The van der Waals surface area contributed by atoms with Gasteiger partial charge in [0.15, 0.2) is 6.61 Å². The van der Waals surface area contributed by atoms with Crippen LogP contribution in [0.1, 0.15) is 18.4 Å². The summed E-state index contributed by atoms with van der Waals surface area (Å²) in [6.45, 7) is -0.613. The van der Waals surface area contributed by atoms with Gasteiger partial charge in [-0.15, -0.1) is 0 Å². The Balaban J connectivity index is 1.49. The summed E-state index contributed by atoms with van der Waals surface area (Å²) >= 11 is 12.0. The monoisotopic (exact) mass is 500 g/mol. The quantitative estimate of drug-likeness (QED) is 0.351. The van der Waals surface area contributed by atoms with Crippen LogP contribution in [0.4, 0.5) is 5.69 Å². The van der Waals surface area contributed by atoms with Gasteiger partial charge in [0.1, 0.15) is 6.04 Å². The van der Waals surface area contributed by atoms with E-state index in [4.69, 9.17) is 27.9 Å². The van der Waals surface area contributed by atoms with Crippen molar-refractivity contribution in [2.75, 3.05) is 11.9 Å². The first-order chi connectivity index (χ1) is 16.4. The highest BCUT2D eigenvalue weighted by atomic mass is 35.5. The van der Waals surface area contributed by atoms with E-state index in [1.54, 1.807) is 42.5 Å². The maximum absolute atomic E-state index is 13.1. The Kier molecular flexibility index (Phi) is 7.34. The number of halogens is 2. The van der Waals surface area contributed by atoms with Crippen LogP contribution in [0.2, 0.25) is 10.0 Å². The lowest BCUT2D eigenvalue weighted by atomic mass is 9.85. The SMILES string of the molecule is O=C(COC(=O)[C@H](Cc1ccccc1)N1C(=O)[C@H]2CC=CC[C@H]2C1=O)Nc1cccc(Cl)c1Cl. The highest BCUT2D eigenvalue weighted by Gasteiger charge is 2.51. The number of imide groups is 1. The molecule has 0 unspecified atom stereocenters. The Labute approximate surface area is 206 Å². The number of hydrogen-bond acceptors (Lipinski definition) is 5. The summed E-state index contributed by atoms with van der Waals surface area (Å²) < 4.78 is 5.25. The minimum absolute atomic E-state index is 0.0890. The van der Waals surface area contributed by atoms with E-state index in [1.165, 1.54) is 0 Å². The molecule has 4 rings (SSSR count). The van der Waals surface area contributed by atoms with Crippen molar-refractivity contribution in [3.05, 3.63) is 76.3 Å². The van der Waals surface area contributed by atoms with Crippen LogP contribution in [0.3, 0.4) is 0 Å². The molecule has 7 nitrogen and oxygen atoms in total. The van der Waals surface area contributed by atoms with Gasteiger partial charge in [-0.25, -0.2) is 4.79 Å². The van der Waals surface area contributed by atoms with E-state index in [0.29, 0.717) is 12.8 Å². The molecule has 2 aliphatic rings. The van der Waals surface area contributed by atoms with E-state index in [9.17, 15) is 19.2 Å². The zero-order chi connectivity index (χ0) is 24.2.